The summed E-state index contributed by atoms with van der Waals surface area (Å²) in [6.07, 6.45) is 2.51. The molecule has 1 fully saturated rings. The Kier molecular flexibility index (Phi) is 5.22. The van der Waals surface area contributed by atoms with Crippen LogP contribution in [0.1, 0.15) is 27.9 Å². The molecule has 0 bridgehead atoms. The van der Waals surface area contributed by atoms with E-state index in [1.807, 2.05) is 0 Å². The van der Waals surface area contributed by atoms with Crippen molar-refractivity contribution in [2.75, 3.05) is 0 Å². The summed E-state index contributed by atoms with van der Waals surface area (Å²) in [7, 11) is 0. The zero-order valence-corrected chi connectivity index (χ0v) is 19.3. The number of phenols is 2. The van der Waals surface area contributed by atoms with Gasteiger partial charge in [0, 0.05) is 35.4 Å². The summed E-state index contributed by atoms with van der Waals surface area (Å²) >= 11 is 0. The highest BCUT2D eigenvalue weighted by Crippen LogP contribution is 2.59. The fraction of sp³-hybridized carbons (Fsp3) is 0.111. The molecule has 2 heterocycles. The quantitative estimate of drug-likeness (QED) is 0.183. The summed E-state index contributed by atoms with van der Waals surface area (Å²) in [6.45, 7) is 0. The van der Waals surface area contributed by atoms with E-state index in [0.29, 0.717) is 16.7 Å². The van der Waals surface area contributed by atoms with Crippen molar-refractivity contribution in [2.24, 2.45) is 5.92 Å². The molecule has 2 aliphatic heterocycles. The number of hydrogen-bond donors (Lipinski definition) is 3. The van der Waals surface area contributed by atoms with Crippen molar-refractivity contribution in [3.8, 4) is 23.0 Å². The van der Waals surface area contributed by atoms with Gasteiger partial charge < -0.3 is 25.0 Å². The van der Waals surface area contributed by atoms with Gasteiger partial charge in [-0.25, -0.2) is 22.0 Å². The molecule has 0 aromatic heterocycles. The second kappa shape index (κ2) is 8.32. The lowest BCUT2D eigenvalue weighted by atomic mass is 9.73. The molecular weight excluding hydrogens is 529 g/mol. The number of hydrogen-bond acceptors (Lipinski definition) is 6. The minimum atomic E-state index is -2.40. The van der Waals surface area contributed by atoms with Gasteiger partial charge >= 0.3 is 5.97 Å². The second-order valence-corrected chi connectivity index (χ2v) is 9.03. The van der Waals surface area contributed by atoms with Crippen molar-refractivity contribution < 1.29 is 51.2 Å². The van der Waals surface area contributed by atoms with Gasteiger partial charge in [0.2, 0.25) is 5.82 Å². The van der Waals surface area contributed by atoms with Crippen LogP contribution in [-0.4, -0.2) is 22.1 Å². The fourth-order valence-corrected chi connectivity index (χ4v) is 5.12. The number of allylic oxidation sites excluding steroid dienone is 3. The van der Waals surface area contributed by atoms with Crippen molar-refractivity contribution in [1.82, 2.24) is 5.32 Å². The highest BCUT2D eigenvalue weighted by molar-refractivity contribution is 5.96. The minimum absolute atomic E-state index is 0.0457. The molecule has 1 aliphatic carbocycles. The third kappa shape index (κ3) is 3.40. The van der Waals surface area contributed by atoms with Gasteiger partial charge in [-0.15, -0.1) is 0 Å². The highest BCUT2D eigenvalue weighted by Gasteiger charge is 2.58. The topological polar surface area (TPSA) is 105 Å². The number of amides is 1. The van der Waals surface area contributed by atoms with Crippen LogP contribution in [-0.2, 0) is 15.1 Å². The van der Waals surface area contributed by atoms with Gasteiger partial charge in [0.15, 0.2) is 28.9 Å². The number of carbonyl (C=O) groups is 2. The molecule has 1 unspecified atom stereocenters. The molecule has 1 spiro atoms. The molecule has 198 valence electrons. The number of halogens is 5. The maximum atomic E-state index is 14.1. The van der Waals surface area contributed by atoms with Gasteiger partial charge in [0.1, 0.15) is 28.6 Å². The van der Waals surface area contributed by atoms with E-state index in [-0.39, 0.29) is 35.1 Å². The molecule has 6 rings (SSSR count). The zero-order valence-electron chi connectivity index (χ0n) is 19.3. The second-order valence-electron chi connectivity index (χ2n) is 9.03. The van der Waals surface area contributed by atoms with Crippen LogP contribution in [0, 0.1) is 35.0 Å². The molecule has 1 atom stereocenters. The van der Waals surface area contributed by atoms with E-state index < -0.39 is 58.0 Å². The van der Waals surface area contributed by atoms with Crippen LogP contribution in [0.3, 0.4) is 0 Å². The Morgan fingerprint density at radius 1 is 0.846 bits per heavy atom. The third-order valence-corrected chi connectivity index (χ3v) is 6.83. The molecule has 0 saturated carbocycles. The Morgan fingerprint density at radius 2 is 1.38 bits per heavy atom. The van der Waals surface area contributed by atoms with E-state index in [1.165, 1.54) is 48.6 Å². The van der Waals surface area contributed by atoms with Crippen molar-refractivity contribution in [3.05, 3.63) is 106 Å². The van der Waals surface area contributed by atoms with Gasteiger partial charge in [0.25, 0.3) is 5.91 Å². The Hall–Kier alpha value is -4.87. The number of fused-ring (bicyclic) bond motifs is 6. The average Bonchev–Trinajstić information content (AvgIpc) is 3.18. The van der Waals surface area contributed by atoms with Gasteiger partial charge in [-0.3, -0.25) is 9.59 Å². The Bertz CT molecular complexity index is 1620. The summed E-state index contributed by atoms with van der Waals surface area (Å²) in [6, 6.07) is 8.35. The summed E-state index contributed by atoms with van der Waals surface area (Å²) < 4.78 is 80.6. The molecule has 12 heteroatoms. The lowest BCUT2D eigenvalue weighted by molar-refractivity contribution is -0.148. The van der Waals surface area contributed by atoms with Crippen molar-refractivity contribution in [1.29, 1.82) is 0 Å². The number of esters is 1. The van der Waals surface area contributed by atoms with Crippen LogP contribution < -0.4 is 10.1 Å². The molecular formula is C27H14F5NO6. The first kappa shape index (κ1) is 24.5. The number of benzene rings is 3. The van der Waals surface area contributed by atoms with Crippen LogP contribution in [0.2, 0.25) is 0 Å². The summed E-state index contributed by atoms with van der Waals surface area (Å²) in [4.78, 5) is 25.7. The molecule has 0 radical (unpaired) electrons. The molecule has 3 N–H and O–H groups in total. The highest BCUT2D eigenvalue weighted by atomic mass is 19.2. The molecule has 1 amide bonds. The van der Waals surface area contributed by atoms with E-state index >= 15 is 0 Å². The summed E-state index contributed by atoms with van der Waals surface area (Å²) in [5, 5.41) is 22.1. The van der Waals surface area contributed by atoms with Crippen LogP contribution in [0.4, 0.5) is 22.0 Å². The Morgan fingerprint density at radius 3 is 1.95 bits per heavy atom. The van der Waals surface area contributed by atoms with Crippen LogP contribution in [0.5, 0.6) is 23.0 Å². The lowest BCUT2D eigenvalue weighted by Gasteiger charge is -2.37. The summed E-state index contributed by atoms with van der Waals surface area (Å²) in [5.74, 6) is -14.9. The number of nitrogens with one attached hydrogen (secondary N) is 1. The predicted molar refractivity (Wildman–Crippen MR) is 121 cm³/mol. The van der Waals surface area contributed by atoms with Crippen LogP contribution in [0.25, 0.3) is 0 Å². The zero-order chi connectivity index (χ0) is 27.8. The van der Waals surface area contributed by atoms with Gasteiger partial charge in [-0.05, 0) is 35.9 Å². The van der Waals surface area contributed by atoms with E-state index in [2.05, 4.69) is 5.32 Å². The largest absolute Gasteiger partial charge is 0.508 e. The van der Waals surface area contributed by atoms with E-state index in [1.54, 1.807) is 0 Å². The molecule has 3 aliphatic rings. The van der Waals surface area contributed by atoms with Crippen molar-refractivity contribution >= 4 is 11.9 Å². The third-order valence-electron chi connectivity index (χ3n) is 6.83. The van der Waals surface area contributed by atoms with E-state index in [4.69, 9.17) is 9.47 Å². The SMILES string of the molecule is O=C(NC1=CC=C2C(C1)C(=O)OC21c2ccc(O)cc2Oc2cc(O)ccc21)c1c(F)c(F)c(F)c(F)c1F. The fourth-order valence-electron chi connectivity index (χ4n) is 5.12. The van der Waals surface area contributed by atoms with Gasteiger partial charge in [-0.1, -0.05) is 6.08 Å². The normalized spacial score (nSPS) is 18.3. The molecule has 1 saturated heterocycles. The Labute approximate surface area is 215 Å². The molecule has 39 heavy (non-hydrogen) atoms. The first-order valence-electron chi connectivity index (χ1n) is 11.3. The van der Waals surface area contributed by atoms with E-state index in [9.17, 15) is 41.8 Å². The maximum Gasteiger partial charge on any atom is 0.315 e. The molecule has 7 nitrogen and oxygen atoms in total. The van der Waals surface area contributed by atoms with Crippen LogP contribution in [0.15, 0.2) is 59.8 Å². The van der Waals surface area contributed by atoms with E-state index in [0.717, 1.165) is 0 Å². The standard InChI is InChI=1S/C27H14F5NO6/c28-20-19(21(29)23(31)24(32)22(20)30)25(36)33-10-1-4-14-13(7-10)26(37)39-27(14)15-5-2-11(34)8-17(15)38-18-9-12(35)3-6-16(18)27/h1-6,8-9,13,34-35H,7H2,(H,33,36). The average molecular weight is 543 g/mol. The molecule has 3 aromatic rings. The van der Waals surface area contributed by atoms with Gasteiger partial charge in [-0.2, -0.15) is 0 Å². The van der Waals surface area contributed by atoms with Crippen LogP contribution >= 0.6 is 0 Å². The number of carbonyl (C=O) groups excluding carboxylic acids is 2. The monoisotopic (exact) mass is 543 g/mol. The number of phenolic OH excluding ortho intramolecular Hbond substituents is 2. The smallest absolute Gasteiger partial charge is 0.315 e. The van der Waals surface area contributed by atoms with Gasteiger partial charge in [0.05, 0.1) is 5.92 Å². The van der Waals surface area contributed by atoms with Crippen molar-refractivity contribution in [3.63, 3.8) is 0 Å². The maximum absolute atomic E-state index is 14.1. The number of aromatic hydroxyl groups is 2. The Balaban J connectivity index is 1.43. The first-order valence-corrected chi connectivity index (χ1v) is 11.3. The van der Waals surface area contributed by atoms with Crippen molar-refractivity contribution in [2.45, 2.75) is 12.0 Å². The summed E-state index contributed by atoms with van der Waals surface area (Å²) in [5.41, 5.74) is -2.13. The number of ether oxygens (including phenoxy) is 2. The minimum Gasteiger partial charge on any atom is -0.508 e. The number of rotatable bonds is 2. The first-order chi connectivity index (χ1) is 18.5. The lowest BCUT2D eigenvalue weighted by Crippen LogP contribution is -2.34. The molecule has 3 aromatic carbocycles. The predicted octanol–water partition coefficient (Wildman–Crippen LogP) is 4.96.